The molecule has 2 heterocycles. The normalized spacial score (nSPS) is 11.3. The second kappa shape index (κ2) is 12.3. The quantitative estimate of drug-likeness (QED) is 0.269. The molecule has 0 radical (unpaired) electrons. The van der Waals surface area contributed by atoms with Gasteiger partial charge in [0.1, 0.15) is 11.0 Å². The van der Waals surface area contributed by atoms with Crippen molar-refractivity contribution in [2.75, 3.05) is 60.7 Å². The van der Waals surface area contributed by atoms with Gasteiger partial charge in [0.05, 0.1) is 13.2 Å². The number of nitrogens with zero attached hydrogens (tertiary/aromatic N) is 4. The van der Waals surface area contributed by atoms with E-state index < -0.39 is 0 Å². The fraction of sp³-hybridized carbons (Fsp3) is 0.700. The molecule has 0 aliphatic rings. The molecule has 10 nitrogen and oxygen atoms in total. The zero-order valence-corrected chi connectivity index (χ0v) is 18.5. The molecule has 6 N–H and O–H groups in total. The van der Waals surface area contributed by atoms with Crippen molar-refractivity contribution in [3.8, 4) is 0 Å². The van der Waals surface area contributed by atoms with E-state index in [0.717, 1.165) is 25.9 Å². The summed E-state index contributed by atoms with van der Waals surface area (Å²) in [5.74, 6) is 3.17. The molecule has 0 fully saturated rings. The Morgan fingerprint density at radius 3 is 1.33 bits per heavy atom. The maximum atomic E-state index is 9.15. The Bertz CT molecular complexity index is 720. The monoisotopic (exact) mass is 420 g/mol. The van der Waals surface area contributed by atoms with Crippen LogP contribution in [0.5, 0.6) is 0 Å². The minimum absolute atomic E-state index is 0.0163. The lowest BCUT2D eigenvalue weighted by atomic mass is 10.1. The summed E-state index contributed by atoms with van der Waals surface area (Å²) < 4.78 is 0. The van der Waals surface area contributed by atoms with E-state index in [9.17, 15) is 0 Å². The van der Waals surface area contributed by atoms with Crippen molar-refractivity contribution >= 4 is 34.6 Å². The predicted molar refractivity (Wildman–Crippen MR) is 122 cm³/mol. The molecule has 2 aromatic rings. The lowest BCUT2D eigenvalue weighted by Crippen LogP contribution is -2.16. The summed E-state index contributed by atoms with van der Waals surface area (Å²) in [5.41, 5.74) is 1.21. The Morgan fingerprint density at radius 1 is 0.600 bits per heavy atom. The highest BCUT2D eigenvalue weighted by molar-refractivity contribution is 5.94. The van der Waals surface area contributed by atoms with Crippen LogP contribution in [0, 0.1) is 11.8 Å². The molecule has 0 aliphatic carbocycles. The molecular formula is C20H36N8O2. The van der Waals surface area contributed by atoms with Gasteiger partial charge < -0.3 is 31.5 Å². The third-order valence-corrected chi connectivity index (χ3v) is 4.36. The van der Waals surface area contributed by atoms with Crippen LogP contribution in [-0.4, -0.2) is 69.5 Å². The number of hydrogen-bond acceptors (Lipinski definition) is 10. The van der Waals surface area contributed by atoms with Crippen molar-refractivity contribution in [3.63, 3.8) is 0 Å². The van der Waals surface area contributed by atoms with Crippen LogP contribution in [-0.2, 0) is 0 Å². The van der Waals surface area contributed by atoms with Crippen LogP contribution in [0.15, 0.2) is 0 Å². The first-order valence-electron chi connectivity index (χ1n) is 10.7. The lowest BCUT2D eigenvalue weighted by Gasteiger charge is -2.16. The molecule has 2 rings (SSSR count). The van der Waals surface area contributed by atoms with E-state index in [1.807, 2.05) is 0 Å². The van der Waals surface area contributed by atoms with Gasteiger partial charge in [-0.15, -0.1) is 0 Å². The van der Waals surface area contributed by atoms with E-state index >= 15 is 0 Å². The first-order valence-corrected chi connectivity index (χ1v) is 10.7. The van der Waals surface area contributed by atoms with E-state index in [0.29, 0.717) is 59.5 Å². The molecule has 0 aliphatic heterocycles. The third-order valence-electron chi connectivity index (χ3n) is 4.36. The Hall–Kier alpha value is -2.46. The summed E-state index contributed by atoms with van der Waals surface area (Å²) in [5, 5.41) is 31.1. The number of hydrogen-bond donors (Lipinski definition) is 6. The summed E-state index contributed by atoms with van der Waals surface area (Å²) in [6.45, 7) is 10.9. The fourth-order valence-corrected chi connectivity index (χ4v) is 2.71. The van der Waals surface area contributed by atoms with Crippen molar-refractivity contribution in [3.05, 3.63) is 0 Å². The SMILES string of the molecule is CC(C)CCNc1nc(NCCO)nc2c(NCCC(C)C)nc(NCCO)nc12. The highest BCUT2D eigenvalue weighted by atomic mass is 16.3. The van der Waals surface area contributed by atoms with Gasteiger partial charge in [0, 0.05) is 26.2 Å². The highest BCUT2D eigenvalue weighted by Crippen LogP contribution is 2.27. The van der Waals surface area contributed by atoms with Crippen LogP contribution in [0.3, 0.4) is 0 Å². The van der Waals surface area contributed by atoms with Crippen molar-refractivity contribution < 1.29 is 10.2 Å². The van der Waals surface area contributed by atoms with Gasteiger partial charge in [-0.05, 0) is 24.7 Å². The van der Waals surface area contributed by atoms with E-state index in [2.05, 4.69) is 68.9 Å². The molecule has 0 aromatic carbocycles. The Kier molecular flexibility index (Phi) is 9.75. The molecule has 0 spiro atoms. The average molecular weight is 421 g/mol. The first-order chi connectivity index (χ1) is 14.4. The van der Waals surface area contributed by atoms with Gasteiger partial charge in [0.15, 0.2) is 11.6 Å². The van der Waals surface area contributed by atoms with Gasteiger partial charge in [0.25, 0.3) is 0 Å². The van der Waals surface area contributed by atoms with Crippen molar-refractivity contribution in [2.45, 2.75) is 40.5 Å². The second-order valence-corrected chi connectivity index (χ2v) is 8.01. The topological polar surface area (TPSA) is 140 Å². The number of aliphatic hydroxyl groups excluding tert-OH is 2. The summed E-state index contributed by atoms with van der Waals surface area (Å²) in [4.78, 5) is 18.3. The zero-order valence-electron chi connectivity index (χ0n) is 18.5. The average Bonchev–Trinajstić information content (AvgIpc) is 2.70. The Morgan fingerprint density at radius 2 is 1.00 bits per heavy atom. The van der Waals surface area contributed by atoms with Crippen LogP contribution < -0.4 is 21.3 Å². The Balaban J connectivity index is 2.47. The van der Waals surface area contributed by atoms with Gasteiger partial charge >= 0.3 is 0 Å². The lowest BCUT2D eigenvalue weighted by molar-refractivity contribution is 0.310. The van der Waals surface area contributed by atoms with Crippen LogP contribution >= 0.6 is 0 Å². The van der Waals surface area contributed by atoms with E-state index in [4.69, 9.17) is 10.2 Å². The molecule has 2 aromatic heterocycles. The third kappa shape index (κ3) is 7.42. The van der Waals surface area contributed by atoms with Crippen molar-refractivity contribution in [2.24, 2.45) is 11.8 Å². The maximum absolute atomic E-state index is 9.15. The number of aliphatic hydroxyl groups is 2. The standard InChI is InChI=1S/C20H36N8O2/c1-13(2)5-7-21-17-15-16(26-19(27-17)23-9-11-29)18(22-8-6-14(3)4)28-20(25-15)24-10-12-30/h13-14,29-30H,5-12H2,1-4H3,(H2,21,23,26,27)(H2,22,24,25,28). The molecule has 0 saturated heterocycles. The number of fused-ring (bicyclic) bond motifs is 1. The largest absolute Gasteiger partial charge is 0.395 e. The van der Waals surface area contributed by atoms with Gasteiger partial charge in [0.2, 0.25) is 11.9 Å². The molecule has 0 unspecified atom stereocenters. The summed E-state index contributed by atoms with van der Waals surface area (Å²) in [6.07, 6.45) is 1.98. The number of anilines is 4. The minimum Gasteiger partial charge on any atom is -0.395 e. The van der Waals surface area contributed by atoms with Crippen LogP contribution in [0.4, 0.5) is 23.5 Å². The molecule has 0 bridgehead atoms. The Labute approximate surface area is 178 Å². The zero-order chi connectivity index (χ0) is 21.9. The van der Waals surface area contributed by atoms with E-state index in [1.165, 1.54) is 0 Å². The number of rotatable bonds is 14. The molecule has 0 atom stereocenters. The van der Waals surface area contributed by atoms with Gasteiger partial charge in [-0.2, -0.15) is 9.97 Å². The van der Waals surface area contributed by atoms with E-state index in [1.54, 1.807) is 0 Å². The molecule has 168 valence electrons. The van der Waals surface area contributed by atoms with Crippen LogP contribution in [0.2, 0.25) is 0 Å². The highest BCUT2D eigenvalue weighted by Gasteiger charge is 2.16. The summed E-state index contributed by atoms with van der Waals surface area (Å²) in [7, 11) is 0. The molecule has 0 amide bonds. The molecule has 30 heavy (non-hydrogen) atoms. The van der Waals surface area contributed by atoms with Gasteiger partial charge in [-0.1, -0.05) is 27.7 Å². The smallest absolute Gasteiger partial charge is 0.225 e. The maximum Gasteiger partial charge on any atom is 0.225 e. The molecule has 0 saturated carbocycles. The van der Waals surface area contributed by atoms with Crippen molar-refractivity contribution in [1.82, 2.24) is 19.9 Å². The number of aromatic nitrogens is 4. The first kappa shape index (κ1) is 23.8. The molecular weight excluding hydrogens is 384 g/mol. The molecule has 10 heteroatoms. The van der Waals surface area contributed by atoms with Crippen molar-refractivity contribution in [1.29, 1.82) is 0 Å². The minimum atomic E-state index is -0.0163. The summed E-state index contributed by atoms with van der Waals surface area (Å²) in [6, 6.07) is 0. The van der Waals surface area contributed by atoms with Crippen LogP contribution in [0.25, 0.3) is 11.0 Å². The van der Waals surface area contributed by atoms with Crippen LogP contribution in [0.1, 0.15) is 40.5 Å². The van der Waals surface area contributed by atoms with E-state index in [-0.39, 0.29) is 13.2 Å². The second-order valence-electron chi connectivity index (χ2n) is 8.01. The predicted octanol–water partition coefficient (Wildman–Crippen LogP) is 2.14. The summed E-state index contributed by atoms with van der Waals surface area (Å²) >= 11 is 0. The van der Waals surface area contributed by atoms with Gasteiger partial charge in [-0.25, -0.2) is 9.97 Å². The van der Waals surface area contributed by atoms with Gasteiger partial charge in [-0.3, -0.25) is 0 Å². The fourth-order valence-electron chi connectivity index (χ4n) is 2.71. The number of nitrogens with one attached hydrogen (secondary N) is 4.